The number of nitrogens with zero attached hydrogens (tertiary/aromatic N) is 2. The molecule has 2 atom stereocenters. The average molecular weight is 346 g/mol. The molecule has 0 amide bonds. The van der Waals surface area contributed by atoms with Crippen molar-refractivity contribution in [2.45, 2.75) is 51.1 Å². The van der Waals surface area contributed by atoms with Crippen molar-refractivity contribution in [1.82, 2.24) is 9.72 Å². The smallest absolute Gasteiger partial charge is 0.264 e. The standard InChI is InChI=1S/C18H20ClN3O2/c1-10-15-17(21-24-10)16-13(19)7-4-8-14(16)22(18(15)23)12-6-3-2-5-11(20)9-12/h4,7-8,11-12H,2-3,5-6,9,20H2,1H3. The monoisotopic (exact) mass is 345 g/mol. The van der Waals surface area contributed by atoms with Crippen LogP contribution in [-0.4, -0.2) is 15.8 Å². The maximum atomic E-state index is 13.2. The van der Waals surface area contributed by atoms with Crippen molar-refractivity contribution in [1.29, 1.82) is 0 Å². The van der Waals surface area contributed by atoms with Gasteiger partial charge in [-0.15, -0.1) is 0 Å². The van der Waals surface area contributed by atoms with E-state index in [2.05, 4.69) is 5.16 Å². The highest BCUT2D eigenvalue weighted by Gasteiger charge is 2.25. The maximum Gasteiger partial charge on any atom is 0.264 e. The van der Waals surface area contributed by atoms with Crippen LogP contribution in [0.25, 0.3) is 21.8 Å². The van der Waals surface area contributed by atoms with E-state index in [0.717, 1.165) is 43.0 Å². The van der Waals surface area contributed by atoms with Gasteiger partial charge < -0.3 is 14.8 Å². The van der Waals surface area contributed by atoms with Gasteiger partial charge in [0.1, 0.15) is 16.7 Å². The quantitative estimate of drug-likeness (QED) is 0.678. The molecule has 6 heteroatoms. The molecule has 0 radical (unpaired) electrons. The van der Waals surface area contributed by atoms with E-state index in [1.165, 1.54) is 0 Å². The first-order valence-corrected chi connectivity index (χ1v) is 8.80. The lowest BCUT2D eigenvalue weighted by Gasteiger charge is -2.22. The van der Waals surface area contributed by atoms with Crippen LogP contribution in [0.2, 0.25) is 5.02 Å². The number of rotatable bonds is 1. The number of benzene rings is 1. The van der Waals surface area contributed by atoms with E-state index >= 15 is 0 Å². The molecule has 24 heavy (non-hydrogen) atoms. The summed E-state index contributed by atoms with van der Waals surface area (Å²) in [6.07, 6.45) is 4.95. The van der Waals surface area contributed by atoms with Gasteiger partial charge in [-0.1, -0.05) is 35.7 Å². The Morgan fingerprint density at radius 3 is 2.92 bits per heavy atom. The van der Waals surface area contributed by atoms with Crippen LogP contribution in [0.3, 0.4) is 0 Å². The molecule has 3 aromatic rings. The number of hydrogen-bond acceptors (Lipinski definition) is 4. The first kappa shape index (κ1) is 15.7. The third kappa shape index (κ3) is 2.34. The number of fused-ring (bicyclic) bond motifs is 3. The number of halogens is 1. The summed E-state index contributed by atoms with van der Waals surface area (Å²) in [5, 5.41) is 5.97. The van der Waals surface area contributed by atoms with E-state index in [9.17, 15) is 4.79 Å². The number of pyridine rings is 1. The van der Waals surface area contributed by atoms with Gasteiger partial charge in [0.25, 0.3) is 5.56 Å². The Morgan fingerprint density at radius 2 is 2.08 bits per heavy atom. The van der Waals surface area contributed by atoms with Crippen molar-refractivity contribution >= 4 is 33.4 Å². The molecule has 1 saturated carbocycles. The maximum absolute atomic E-state index is 13.2. The van der Waals surface area contributed by atoms with Crippen LogP contribution in [0, 0.1) is 6.92 Å². The number of hydrogen-bond donors (Lipinski definition) is 1. The molecular formula is C18H20ClN3O2. The van der Waals surface area contributed by atoms with Gasteiger partial charge in [0, 0.05) is 17.5 Å². The lowest BCUT2D eigenvalue weighted by atomic mass is 10.0. The summed E-state index contributed by atoms with van der Waals surface area (Å²) in [7, 11) is 0. The second kappa shape index (κ2) is 5.90. The molecule has 2 unspecified atom stereocenters. The Kier molecular flexibility index (Phi) is 3.85. The molecule has 0 aliphatic heterocycles. The van der Waals surface area contributed by atoms with Crippen LogP contribution < -0.4 is 11.3 Å². The van der Waals surface area contributed by atoms with Crippen LogP contribution in [0.1, 0.15) is 43.9 Å². The van der Waals surface area contributed by atoms with Crippen molar-refractivity contribution in [3.8, 4) is 0 Å². The fourth-order valence-corrected chi connectivity index (χ4v) is 4.20. The van der Waals surface area contributed by atoms with Gasteiger partial charge in [-0.25, -0.2) is 0 Å². The summed E-state index contributed by atoms with van der Waals surface area (Å²) >= 11 is 6.45. The van der Waals surface area contributed by atoms with E-state index in [1.54, 1.807) is 6.92 Å². The molecule has 1 aromatic carbocycles. The summed E-state index contributed by atoms with van der Waals surface area (Å²) in [5.41, 5.74) is 7.54. The van der Waals surface area contributed by atoms with Crippen LogP contribution >= 0.6 is 11.6 Å². The van der Waals surface area contributed by atoms with Gasteiger partial charge >= 0.3 is 0 Å². The zero-order chi connectivity index (χ0) is 16.8. The molecule has 0 spiro atoms. The van der Waals surface area contributed by atoms with E-state index in [4.69, 9.17) is 21.9 Å². The van der Waals surface area contributed by atoms with Crippen molar-refractivity contribution in [2.24, 2.45) is 5.73 Å². The molecule has 126 valence electrons. The Bertz CT molecular complexity index is 976. The molecule has 2 aromatic heterocycles. The summed E-state index contributed by atoms with van der Waals surface area (Å²) in [6.45, 7) is 1.77. The molecule has 2 heterocycles. The van der Waals surface area contributed by atoms with Crippen molar-refractivity contribution in [3.63, 3.8) is 0 Å². The fraction of sp³-hybridized carbons (Fsp3) is 0.444. The Morgan fingerprint density at radius 1 is 1.29 bits per heavy atom. The predicted octanol–water partition coefficient (Wildman–Crippen LogP) is 3.94. The van der Waals surface area contributed by atoms with Crippen LogP contribution in [0.4, 0.5) is 0 Å². The van der Waals surface area contributed by atoms with Gasteiger partial charge in [-0.05, 0) is 38.3 Å². The third-order valence-corrected chi connectivity index (χ3v) is 5.40. The van der Waals surface area contributed by atoms with Crippen LogP contribution in [-0.2, 0) is 0 Å². The molecule has 1 fully saturated rings. The van der Waals surface area contributed by atoms with Crippen LogP contribution in [0.15, 0.2) is 27.5 Å². The minimum absolute atomic E-state index is 0.0578. The van der Waals surface area contributed by atoms with Crippen LogP contribution in [0.5, 0.6) is 0 Å². The lowest BCUT2D eigenvalue weighted by molar-refractivity contribution is 0.405. The number of aromatic nitrogens is 2. The van der Waals surface area contributed by atoms with Gasteiger partial charge in [0.15, 0.2) is 0 Å². The highest BCUT2D eigenvalue weighted by Crippen LogP contribution is 2.34. The topological polar surface area (TPSA) is 74.0 Å². The second-order valence-electron chi connectivity index (χ2n) is 6.71. The Labute approximate surface area is 144 Å². The normalized spacial score (nSPS) is 22.1. The van der Waals surface area contributed by atoms with Crippen molar-refractivity contribution in [3.05, 3.63) is 39.3 Å². The highest BCUT2D eigenvalue weighted by molar-refractivity contribution is 6.37. The highest BCUT2D eigenvalue weighted by atomic mass is 35.5. The van der Waals surface area contributed by atoms with E-state index in [1.807, 2.05) is 22.8 Å². The van der Waals surface area contributed by atoms with Gasteiger partial charge in [0.05, 0.1) is 10.5 Å². The van der Waals surface area contributed by atoms with E-state index < -0.39 is 0 Å². The molecule has 0 bridgehead atoms. The molecule has 4 rings (SSSR count). The van der Waals surface area contributed by atoms with Gasteiger partial charge in [-0.2, -0.15) is 0 Å². The van der Waals surface area contributed by atoms with E-state index in [-0.39, 0.29) is 17.6 Å². The summed E-state index contributed by atoms with van der Waals surface area (Å²) in [6, 6.07) is 5.83. The molecule has 5 nitrogen and oxygen atoms in total. The molecular weight excluding hydrogens is 326 g/mol. The van der Waals surface area contributed by atoms with Crippen molar-refractivity contribution in [2.75, 3.05) is 0 Å². The zero-order valence-electron chi connectivity index (χ0n) is 13.6. The lowest BCUT2D eigenvalue weighted by Crippen LogP contribution is -2.30. The third-order valence-electron chi connectivity index (χ3n) is 5.09. The van der Waals surface area contributed by atoms with E-state index in [0.29, 0.717) is 21.7 Å². The first-order valence-electron chi connectivity index (χ1n) is 8.42. The van der Waals surface area contributed by atoms with Crippen molar-refractivity contribution < 1.29 is 4.52 Å². The predicted molar refractivity (Wildman–Crippen MR) is 95.6 cm³/mol. The minimum atomic E-state index is -0.0578. The number of aryl methyl sites for hydroxylation is 1. The minimum Gasteiger partial charge on any atom is -0.360 e. The molecule has 0 saturated heterocycles. The Hall–Kier alpha value is -1.85. The molecule has 1 aliphatic rings. The second-order valence-corrected chi connectivity index (χ2v) is 7.11. The number of nitrogens with two attached hydrogens (primary N) is 1. The average Bonchev–Trinajstić information content (AvgIpc) is 2.80. The summed E-state index contributed by atoms with van der Waals surface area (Å²) in [5.74, 6) is 0.531. The first-order chi connectivity index (χ1) is 11.6. The zero-order valence-corrected chi connectivity index (χ0v) is 14.3. The molecule has 2 N–H and O–H groups in total. The summed E-state index contributed by atoms with van der Waals surface area (Å²) < 4.78 is 7.17. The molecule has 1 aliphatic carbocycles. The van der Waals surface area contributed by atoms with Gasteiger partial charge in [0.2, 0.25) is 0 Å². The Balaban J connectivity index is 2.09. The summed E-state index contributed by atoms with van der Waals surface area (Å²) in [4.78, 5) is 13.2. The largest absolute Gasteiger partial charge is 0.360 e. The van der Waals surface area contributed by atoms with Gasteiger partial charge in [-0.3, -0.25) is 4.79 Å². The fourth-order valence-electron chi connectivity index (χ4n) is 3.94. The SMILES string of the molecule is Cc1onc2c1c(=O)n(C1CCCCC(N)C1)c1cccc(Cl)c21.